The molecule has 1 N–H and O–H groups in total. The number of hydrogen-bond donors (Lipinski definition) is 2. The van der Waals surface area contributed by atoms with Gasteiger partial charge in [0.2, 0.25) is 0 Å². The zero-order valence-electron chi connectivity index (χ0n) is 11.4. The number of amides is 1. The van der Waals surface area contributed by atoms with Crippen molar-refractivity contribution in [1.82, 2.24) is 0 Å². The molecule has 0 atom stereocenters. The van der Waals surface area contributed by atoms with Gasteiger partial charge in [0.25, 0.3) is 5.91 Å². The van der Waals surface area contributed by atoms with Gasteiger partial charge in [-0.15, -0.1) is 12.6 Å². The molecule has 0 radical (unpaired) electrons. The highest BCUT2D eigenvalue weighted by Gasteiger charge is 2.14. The molecule has 0 aromatic heterocycles. The van der Waals surface area contributed by atoms with Crippen LogP contribution in [0.25, 0.3) is 0 Å². The van der Waals surface area contributed by atoms with Gasteiger partial charge in [-0.3, -0.25) is 4.79 Å². The highest BCUT2D eigenvalue weighted by atomic mass is 32.1. The number of rotatable bonds is 3. The molecule has 0 aliphatic rings. The van der Waals surface area contributed by atoms with Gasteiger partial charge < -0.3 is 5.32 Å². The van der Waals surface area contributed by atoms with Crippen LogP contribution in [-0.4, -0.2) is 5.91 Å². The van der Waals surface area contributed by atoms with Crippen LogP contribution in [0.1, 0.15) is 35.7 Å². The quantitative estimate of drug-likeness (QED) is 0.801. The van der Waals surface area contributed by atoms with Crippen LogP contribution in [0.2, 0.25) is 0 Å². The summed E-state index contributed by atoms with van der Waals surface area (Å²) in [7, 11) is 0. The normalized spacial score (nSPS) is 10.7. The molecule has 0 saturated heterocycles. The number of halogens is 1. The molecule has 104 valence electrons. The molecule has 2 rings (SSSR count). The molecular weight excluding hydrogens is 273 g/mol. The Labute approximate surface area is 123 Å². The summed E-state index contributed by atoms with van der Waals surface area (Å²) in [5.41, 5.74) is 1.72. The average molecular weight is 289 g/mol. The van der Waals surface area contributed by atoms with E-state index in [1.165, 1.54) is 18.2 Å². The maximum atomic E-state index is 13.7. The Balaban J connectivity index is 2.31. The lowest BCUT2D eigenvalue weighted by Crippen LogP contribution is -2.15. The first-order chi connectivity index (χ1) is 9.49. The van der Waals surface area contributed by atoms with E-state index in [2.05, 4.69) is 17.9 Å². The van der Waals surface area contributed by atoms with Gasteiger partial charge in [0.05, 0.1) is 5.56 Å². The van der Waals surface area contributed by atoms with Crippen molar-refractivity contribution >= 4 is 24.2 Å². The smallest absolute Gasteiger partial charge is 0.258 e. The van der Waals surface area contributed by atoms with E-state index in [1.54, 1.807) is 0 Å². The first kappa shape index (κ1) is 14.6. The van der Waals surface area contributed by atoms with Crippen molar-refractivity contribution in [2.75, 3.05) is 5.32 Å². The Morgan fingerprint density at radius 3 is 2.60 bits per heavy atom. The second-order valence-electron chi connectivity index (χ2n) is 4.86. The fourth-order valence-corrected chi connectivity index (χ4v) is 2.19. The van der Waals surface area contributed by atoms with E-state index in [0.717, 1.165) is 5.56 Å². The standard InChI is InChI=1S/C16H16FNOS/c1-10(2)12-5-3-4-6-15(12)18-16(19)13-9-11(20)7-8-14(13)17/h3-10,20H,1-2H3,(H,18,19). The van der Waals surface area contributed by atoms with Crippen molar-refractivity contribution in [2.24, 2.45) is 0 Å². The van der Waals surface area contributed by atoms with E-state index in [0.29, 0.717) is 10.6 Å². The molecule has 0 unspecified atom stereocenters. The van der Waals surface area contributed by atoms with E-state index in [9.17, 15) is 9.18 Å². The number of hydrogen-bond acceptors (Lipinski definition) is 2. The van der Waals surface area contributed by atoms with Gasteiger partial charge in [-0.1, -0.05) is 32.0 Å². The second-order valence-corrected chi connectivity index (χ2v) is 5.38. The molecule has 0 spiro atoms. The van der Waals surface area contributed by atoms with Crippen LogP contribution >= 0.6 is 12.6 Å². The largest absolute Gasteiger partial charge is 0.322 e. The molecule has 20 heavy (non-hydrogen) atoms. The number of para-hydroxylation sites is 1. The molecule has 4 heteroatoms. The molecule has 2 aromatic carbocycles. The maximum absolute atomic E-state index is 13.7. The van der Waals surface area contributed by atoms with Gasteiger partial charge in [0.1, 0.15) is 5.82 Å². The van der Waals surface area contributed by atoms with Gasteiger partial charge in [-0.25, -0.2) is 4.39 Å². The van der Waals surface area contributed by atoms with Crippen LogP contribution in [0, 0.1) is 5.82 Å². The predicted molar refractivity (Wildman–Crippen MR) is 82.1 cm³/mol. The lowest BCUT2D eigenvalue weighted by Gasteiger charge is -2.14. The van der Waals surface area contributed by atoms with Gasteiger partial charge in [-0.05, 0) is 35.7 Å². The first-order valence-electron chi connectivity index (χ1n) is 6.38. The minimum absolute atomic E-state index is 0.00365. The van der Waals surface area contributed by atoms with E-state index in [4.69, 9.17) is 0 Å². The minimum atomic E-state index is -0.553. The Bertz CT molecular complexity index is 640. The van der Waals surface area contributed by atoms with Gasteiger partial charge >= 0.3 is 0 Å². The summed E-state index contributed by atoms with van der Waals surface area (Å²) in [5, 5.41) is 2.76. The SMILES string of the molecule is CC(C)c1ccccc1NC(=O)c1cc(S)ccc1F. The zero-order chi connectivity index (χ0) is 14.7. The summed E-state index contributed by atoms with van der Waals surface area (Å²) in [6, 6.07) is 11.7. The maximum Gasteiger partial charge on any atom is 0.258 e. The van der Waals surface area contributed by atoms with E-state index >= 15 is 0 Å². The molecule has 1 amide bonds. The number of anilines is 1. The van der Waals surface area contributed by atoms with Crippen molar-refractivity contribution in [3.63, 3.8) is 0 Å². The Morgan fingerprint density at radius 2 is 1.90 bits per heavy atom. The molecule has 0 aliphatic heterocycles. The average Bonchev–Trinajstić information content (AvgIpc) is 2.41. The third-order valence-electron chi connectivity index (χ3n) is 3.03. The molecule has 0 saturated carbocycles. The number of thiol groups is 1. The Kier molecular flexibility index (Phi) is 4.45. The molecule has 2 aromatic rings. The van der Waals surface area contributed by atoms with Crippen LogP contribution in [0.5, 0.6) is 0 Å². The van der Waals surface area contributed by atoms with E-state index in [-0.39, 0.29) is 11.5 Å². The molecule has 0 heterocycles. The summed E-state index contributed by atoms with van der Waals surface area (Å²) in [4.78, 5) is 12.7. The minimum Gasteiger partial charge on any atom is -0.322 e. The van der Waals surface area contributed by atoms with Crippen molar-refractivity contribution in [3.05, 3.63) is 59.4 Å². The predicted octanol–water partition coefficient (Wildman–Crippen LogP) is 4.49. The first-order valence-corrected chi connectivity index (χ1v) is 6.82. The third kappa shape index (κ3) is 3.20. The van der Waals surface area contributed by atoms with Crippen LogP contribution in [0.4, 0.5) is 10.1 Å². The number of carbonyl (C=O) groups is 1. The lowest BCUT2D eigenvalue weighted by molar-refractivity contribution is 0.102. The van der Waals surface area contributed by atoms with Crippen LogP contribution in [0.3, 0.4) is 0 Å². The number of carbonyl (C=O) groups excluding carboxylic acids is 1. The van der Waals surface area contributed by atoms with Crippen molar-refractivity contribution < 1.29 is 9.18 Å². The summed E-state index contributed by atoms with van der Waals surface area (Å²) < 4.78 is 13.7. The lowest BCUT2D eigenvalue weighted by atomic mass is 10.0. The Morgan fingerprint density at radius 1 is 1.20 bits per heavy atom. The van der Waals surface area contributed by atoms with E-state index < -0.39 is 11.7 Å². The summed E-state index contributed by atoms with van der Waals surface area (Å²) >= 11 is 4.13. The van der Waals surface area contributed by atoms with Crippen molar-refractivity contribution in [1.29, 1.82) is 0 Å². The fourth-order valence-electron chi connectivity index (χ4n) is 1.99. The molecule has 2 nitrogen and oxygen atoms in total. The van der Waals surface area contributed by atoms with Crippen molar-refractivity contribution in [2.45, 2.75) is 24.7 Å². The fraction of sp³-hybridized carbons (Fsp3) is 0.188. The molecule has 0 aliphatic carbocycles. The third-order valence-corrected chi connectivity index (χ3v) is 3.30. The topological polar surface area (TPSA) is 29.1 Å². The monoisotopic (exact) mass is 289 g/mol. The Hall–Kier alpha value is -1.81. The summed E-state index contributed by atoms with van der Waals surface area (Å²) in [6.07, 6.45) is 0. The molecular formula is C16H16FNOS. The molecule has 0 fully saturated rings. The van der Waals surface area contributed by atoms with Crippen LogP contribution in [0.15, 0.2) is 47.4 Å². The van der Waals surface area contributed by atoms with Crippen LogP contribution < -0.4 is 5.32 Å². The van der Waals surface area contributed by atoms with Gasteiger partial charge in [-0.2, -0.15) is 0 Å². The van der Waals surface area contributed by atoms with Crippen molar-refractivity contribution in [3.8, 4) is 0 Å². The van der Waals surface area contributed by atoms with E-state index in [1.807, 2.05) is 38.1 Å². The highest BCUT2D eigenvalue weighted by molar-refractivity contribution is 7.80. The van der Waals surface area contributed by atoms with Crippen LogP contribution in [-0.2, 0) is 0 Å². The van der Waals surface area contributed by atoms with Gasteiger partial charge in [0.15, 0.2) is 0 Å². The summed E-state index contributed by atoms with van der Waals surface area (Å²) in [5.74, 6) is -0.749. The number of benzene rings is 2. The second kappa shape index (κ2) is 6.09. The zero-order valence-corrected chi connectivity index (χ0v) is 12.2. The molecule has 0 bridgehead atoms. The van der Waals surface area contributed by atoms with Gasteiger partial charge in [0, 0.05) is 10.6 Å². The highest BCUT2D eigenvalue weighted by Crippen LogP contribution is 2.24. The summed E-state index contributed by atoms with van der Waals surface area (Å²) in [6.45, 7) is 4.08. The number of nitrogens with one attached hydrogen (secondary N) is 1.